The zero-order chi connectivity index (χ0) is 19.9. The second-order valence-corrected chi connectivity index (χ2v) is 5.93. The van der Waals surface area contributed by atoms with Crippen LogP contribution in [-0.2, 0) is 9.59 Å². The number of benzene rings is 1. The fraction of sp³-hybridized carbons (Fsp3) is 0.353. The van der Waals surface area contributed by atoms with E-state index in [2.05, 4.69) is 31.5 Å². The zero-order valence-electron chi connectivity index (χ0n) is 15.0. The summed E-state index contributed by atoms with van der Waals surface area (Å²) in [6, 6.07) is 4.84. The standard InChI is InChI=1S/C17H21FN6O3/c1-3-8-17(15(26)21-16(27)22-17)10-20-14(25)13(9-19-2)24-23-12-6-4-11(18)5-7-12/h4-7,9,23H,3,8,10H2,1-2H3,(H,20,25)(H2,21,22,26,27)/b19-9-,24-13+. The number of hydrazone groups is 1. The lowest BCUT2D eigenvalue weighted by atomic mass is 9.93. The maximum atomic E-state index is 12.9. The Morgan fingerprint density at radius 1 is 1.30 bits per heavy atom. The van der Waals surface area contributed by atoms with Crippen LogP contribution in [0.5, 0.6) is 0 Å². The average Bonchev–Trinajstić information content (AvgIpc) is 2.92. The van der Waals surface area contributed by atoms with Crippen molar-refractivity contribution < 1.29 is 18.8 Å². The van der Waals surface area contributed by atoms with Gasteiger partial charge in [-0.25, -0.2) is 9.18 Å². The molecule has 0 aromatic heterocycles. The number of nitrogens with one attached hydrogen (secondary N) is 4. The number of anilines is 1. The van der Waals surface area contributed by atoms with Crippen LogP contribution in [-0.4, -0.2) is 48.9 Å². The molecule has 0 spiro atoms. The smallest absolute Gasteiger partial charge is 0.322 e. The molecule has 1 unspecified atom stereocenters. The fourth-order valence-corrected chi connectivity index (χ4v) is 2.58. The number of halogens is 1. The number of hydrogen-bond donors (Lipinski definition) is 4. The van der Waals surface area contributed by atoms with Crippen molar-refractivity contribution in [2.75, 3.05) is 19.0 Å². The number of urea groups is 1. The summed E-state index contributed by atoms with van der Waals surface area (Å²) in [5.41, 5.74) is 1.88. The molecular formula is C17H21FN6O3. The van der Waals surface area contributed by atoms with Gasteiger partial charge in [-0.1, -0.05) is 13.3 Å². The van der Waals surface area contributed by atoms with Gasteiger partial charge >= 0.3 is 6.03 Å². The van der Waals surface area contributed by atoms with E-state index in [1.54, 1.807) is 0 Å². The molecule has 10 heteroatoms. The number of nitrogens with zero attached hydrogens (tertiary/aromatic N) is 2. The molecule has 0 saturated carbocycles. The quantitative estimate of drug-likeness (QED) is 0.304. The Morgan fingerprint density at radius 2 is 2.00 bits per heavy atom. The zero-order valence-corrected chi connectivity index (χ0v) is 15.0. The molecule has 9 nitrogen and oxygen atoms in total. The van der Waals surface area contributed by atoms with E-state index in [-0.39, 0.29) is 12.3 Å². The van der Waals surface area contributed by atoms with Crippen LogP contribution >= 0.6 is 0 Å². The van der Waals surface area contributed by atoms with Crippen LogP contribution in [0.3, 0.4) is 0 Å². The van der Waals surface area contributed by atoms with Gasteiger partial charge in [-0.2, -0.15) is 5.10 Å². The molecule has 1 aromatic rings. The average molecular weight is 376 g/mol. The molecule has 2 rings (SSSR count). The van der Waals surface area contributed by atoms with Crippen LogP contribution in [0.1, 0.15) is 19.8 Å². The van der Waals surface area contributed by atoms with Crippen LogP contribution in [0, 0.1) is 5.82 Å². The molecule has 0 aliphatic carbocycles. The molecule has 0 bridgehead atoms. The first kappa shape index (κ1) is 20.0. The highest BCUT2D eigenvalue weighted by molar-refractivity contribution is 6.60. The highest BCUT2D eigenvalue weighted by atomic mass is 19.1. The predicted octanol–water partition coefficient (Wildman–Crippen LogP) is 0.789. The van der Waals surface area contributed by atoms with E-state index in [0.717, 1.165) is 0 Å². The Kier molecular flexibility index (Phi) is 6.58. The fourth-order valence-electron chi connectivity index (χ4n) is 2.58. The van der Waals surface area contributed by atoms with Crippen molar-refractivity contribution >= 4 is 35.5 Å². The summed E-state index contributed by atoms with van der Waals surface area (Å²) in [4.78, 5) is 39.8. The van der Waals surface area contributed by atoms with E-state index in [4.69, 9.17) is 0 Å². The molecule has 4 amide bonds. The number of carbonyl (C=O) groups is 3. The molecule has 1 aliphatic rings. The summed E-state index contributed by atoms with van der Waals surface area (Å²) in [7, 11) is 1.48. The molecule has 1 saturated heterocycles. The van der Waals surface area contributed by atoms with E-state index < -0.39 is 29.2 Å². The van der Waals surface area contributed by atoms with Gasteiger partial charge in [0.15, 0.2) is 5.71 Å². The lowest BCUT2D eigenvalue weighted by Crippen LogP contribution is -2.56. The number of hydrogen-bond acceptors (Lipinski definition) is 6. The molecule has 1 atom stereocenters. The van der Waals surface area contributed by atoms with Crippen LogP contribution in [0.4, 0.5) is 14.9 Å². The summed E-state index contributed by atoms with van der Waals surface area (Å²) < 4.78 is 12.9. The highest BCUT2D eigenvalue weighted by Crippen LogP contribution is 2.16. The maximum absolute atomic E-state index is 12.9. The van der Waals surface area contributed by atoms with Crippen LogP contribution < -0.4 is 21.4 Å². The normalized spacial score (nSPS) is 19.7. The molecule has 27 heavy (non-hydrogen) atoms. The molecule has 144 valence electrons. The summed E-state index contributed by atoms with van der Waals surface area (Å²) >= 11 is 0. The molecule has 4 N–H and O–H groups in total. The van der Waals surface area contributed by atoms with Crippen molar-refractivity contribution in [2.45, 2.75) is 25.3 Å². The van der Waals surface area contributed by atoms with Gasteiger partial charge in [0.2, 0.25) is 0 Å². The van der Waals surface area contributed by atoms with Crippen LogP contribution in [0.25, 0.3) is 0 Å². The van der Waals surface area contributed by atoms with Gasteiger partial charge in [-0.3, -0.25) is 25.3 Å². The van der Waals surface area contributed by atoms with Crippen molar-refractivity contribution in [1.82, 2.24) is 16.0 Å². The van der Waals surface area contributed by atoms with Gasteiger partial charge < -0.3 is 10.6 Å². The molecule has 1 heterocycles. The molecular weight excluding hydrogens is 355 g/mol. The topological polar surface area (TPSA) is 124 Å². The lowest BCUT2D eigenvalue weighted by molar-refractivity contribution is -0.124. The summed E-state index contributed by atoms with van der Waals surface area (Å²) in [6.45, 7) is 1.77. The van der Waals surface area contributed by atoms with Crippen LogP contribution in [0.2, 0.25) is 0 Å². The molecule has 1 aromatic carbocycles. The molecule has 1 fully saturated rings. The number of aliphatic imine (C=N–C) groups is 1. The van der Waals surface area contributed by atoms with E-state index in [0.29, 0.717) is 18.5 Å². The van der Waals surface area contributed by atoms with Crippen molar-refractivity contribution in [3.8, 4) is 0 Å². The first-order chi connectivity index (χ1) is 12.9. The van der Waals surface area contributed by atoms with Gasteiger partial charge in [0.25, 0.3) is 11.8 Å². The Morgan fingerprint density at radius 3 is 2.56 bits per heavy atom. The minimum Gasteiger partial charge on any atom is -0.348 e. The Hall–Kier alpha value is -3.30. The monoisotopic (exact) mass is 376 g/mol. The third-order valence-electron chi connectivity index (χ3n) is 3.88. The summed E-state index contributed by atoms with van der Waals surface area (Å²) in [6.07, 6.45) is 2.24. The van der Waals surface area contributed by atoms with E-state index in [1.165, 1.54) is 37.5 Å². The minimum absolute atomic E-state index is 0.0433. The van der Waals surface area contributed by atoms with Crippen LogP contribution in [0.15, 0.2) is 34.4 Å². The van der Waals surface area contributed by atoms with E-state index >= 15 is 0 Å². The Labute approximate surface area is 155 Å². The first-order valence-corrected chi connectivity index (χ1v) is 8.33. The van der Waals surface area contributed by atoms with Gasteiger partial charge in [0, 0.05) is 7.05 Å². The number of amides is 4. The van der Waals surface area contributed by atoms with Gasteiger partial charge in [0.1, 0.15) is 11.4 Å². The Bertz CT molecular complexity index is 777. The first-order valence-electron chi connectivity index (χ1n) is 8.33. The van der Waals surface area contributed by atoms with E-state index in [9.17, 15) is 18.8 Å². The summed E-state index contributed by atoms with van der Waals surface area (Å²) in [5.74, 6) is -1.46. The maximum Gasteiger partial charge on any atom is 0.322 e. The van der Waals surface area contributed by atoms with Crippen molar-refractivity contribution in [3.63, 3.8) is 0 Å². The largest absolute Gasteiger partial charge is 0.348 e. The SMILES string of the molecule is CCCC1(CNC(=O)C(/C=N\C)=N/Nc2ccc(F)cc2)NC(=O)NC1=O. The van der Waals surface area contributed by atoms with Gasteiger partial charge in [0.05, 0.1) is 18.4 Å². The number of rotatable bonds is 8. The molecule has 0 radical (unpaired) electrons. The highest BCUT2D eigenvalue weighted by Gasteiger charge is 2.45. The van der Waals surface area contributed by atoms with Crippen molar-refractivity contribution in [2.24, 2.45) is 10.1 Å². The predicted molar refractivity (Wildman–Crippen MR) is 99.2 cm³/mol. The summed E-state index contributed by atoms with van der Waals surface area (Å²) in [5, 5.41) is 11.3. The third-order valence-corrected chi connectivity index (χ3v) is 3.88. The second kappa shape index (κ2) is 8.88. The van der Waals surface area contributed by atoms with Crippen molar-refractivity contribution in [1.29, 1.82) is 0 Å². The number of imide groups is 1. The van der Waals surface area contributed by atoms with E-state index in [1.807, 2.05) is 6.92 Å². The number of carbonyl (C=O) groups excluding carboxylic acids is 3. The van der Waals surface area contributed by atoms with Crippen molar-refractivity contribution in [3.05, 3.63) is 30.1 Å². The molecule has 1 aliphatic heterocycles. The third kappa shape index (κ3) is 5.09. The Balaban J connectivity index is 2.07. The lowest BCUT2D eigenvalue weighted by Gasteiger charge is -2.25. The van der Waals surface area contributed by atoms with Gasteiger partial charge in [-0.05, 0) is 30.7 Å². The second-order valence-electron chi connectivity index (χ2n) is 5.93. The van der Waals surface area contributed by atoms with Gasteiger partial charge in [-0.15, -0.1) is 0 Å². The minimum atomic E-state index is -1.19.